The molecule has 17 heavy (non-hydrogen) atoms. The molecule has 2 N–H and O–H groups in total. The highest BCUT2D eigenvalue weighted by Crippen LogP contribution is 2.16. The molecule has 0 spiro atoms. The smallest absolute Gasteiger partial charge is 0.0946 e. The summed E-state index contributed by atoms with van der Waals surface area (Å²) in [5.74, 6) is 0. The lowest BCUT2D eigenvalue weighted by Gasteiger charge is -2.07. The number of aryl methyl sites for hydroxylation is 1. The molecular weight excluding hydrogens is 212 g/mol. The first-order valence-electron chi connectivity index (χ1n) is 6.07. The molecule has 2 aromatic rings. The molecule has 2 rings (SSSR count). The minimum Gasteiger partial charge on any atom is -0.348 e. The van der Waals surface area contributed by atoms with Gasteiger partial charge in [0.2, 0.25) is 0 Å². The zero-order chi connectivity index (χ0) is 12.3. The Bertz CT molecular complexity index is 469. The van der Waals surface area contributed by atoms with Crippen LogP contribution in [0.3, 0.4) is 0 Å². The van der Waals surface area contributed by atoms with Gasteiger partial charge in [0, 0.05) is 31.7 Å². The first kappa shape index (κ1) is 11.9. The van der Waals surface area contributed by atoms with Crippen LogP contribution >= 0.6 is 0 Å². The van der Waals surface area contributed by atoms with E-state index >= 15 is 0 Å². The van der Waals surface area contributed by atoms with E-state index in [-0.39, 0.29) is 6.04 Å². The van der Waals surface area contributed by atoms with Crippen LogP contribution in [0.15, 0.2) is 31.0 Å². The van der Waals surface area contributed by atoms with Gasteiger partial charge in [-0.25, -0.2) is 4.98 Å². The van der Waals surface area contributed by atoms with Crippen LogP contribution in [0.5, 0.6) is 0 Å². The van der Waals surface area contributed by atoms with E-state index in [2.05, 4.69) is 34.9 Å². The van der Waals surface area contributed by atoms with Gasteiger partial charge < -0.3 is 14.9 Å². The lowest BCUT2D eigenvalue weighted by atomic mass is 10.1. The fraction of sp³-hybridized carbons (Fsp3) is 0.462. The predicted molar refractivity (Wildman–Crippen MR) is 68.6 cm³/mol. The Hall–Kier alpha value is -1.55. The minimum absolute atomic E-state index is 0.160. The van der Waals surface area contributed by atoms with E-state index in [1.165, 1.54) is 11.3 Å². The summed E-state index contributed by atoms with van der Waals surface area (Å²) in [6.45, 7) is 3.00. The molecule has 0 aromatic carbocycles. The number of hydrogen-bond donors (Lipinski definition) is 1. The van der Waals surface area contributed by atoms with Crippen LogP contribution in [-0.2, 0) is 13.6 Å². The maximum atomic E-state index is 6.09. The lowest BCUT2D eigenvalue weighted by molar-refractivity contribution is 0.634. The van der Waals surface area contributed by atoms with Crippen LogP contribution in [0.25, 0.3) is 0 Å². The number of nitrogens with zero attached hydrogens (tertiary/aromatic N) is 3. The summed E-state index contributed by atoms with van der Waals surface area (Å²) in [5.41, 5.74) is 8.50. The summed E-state index contributed by atoms with van der Waals surface area (Å²) in [6, 6.07) is 2.27. The highest BCUT2D eigenvalue weighted by Gasteiger charge is 2.07. The van der Waals surface area contributed by atoms with Crippen LogP contribution < -0.4 is 5.73 Å². The van der Waals surface area contributed by atoms with E-state index in [0.717, 1.165) is 19.4 Å². The summed E-state index contributed by atoms with van der Waals surface area (Å²) in [7, 11) is 2.01. The van der Waals surface area contributed by atoms with Crippen LogP contribution in [-0.4, -0.2) is 14.1 Å². The van der Waals surface area contributed by atoms with Gasteiger partial charge in [-0.15, -0.1) is 0 Å². The van der Waals surface area contributed by atoms with E-state index in [1.54, 1.807) is 0 Å². The Morgan fingerprint density at radius 1 is 1.47 bits per heavy atom. The summed E-state index contributed by atoms with van der Waals surface area (Å²) in [5, 5.41) is 0. The zero-order valence-corrected chi connectivity index (χ0v) is 10.5. The molecule has 0 saturated heterocycles. The number of rotatable bonds is 5. The molecule has 1 atom stereocenters. The van der Waals surface area contributed by atoms with E-state index in [9.17, 15) is 0 Å². The Morgan fingerprint density at radius 2 is 2.29 bits per heavy atom. The number of nitrogens with two attached hydrogens (primary N) is 1. The molecule has 0 aliphatic carbocycles. The summed E-state index contributed by atoms with van der Waals surface area (Å²) in [6.07, 6.45) is 10.1. The van der Waals surface area contributed by atoms with Crippen molar-refractivity contribution in [1.29, 1.82) is 0 Å². The Morgan fingerprint density at radius 3 is 2.94 bits per heavy atom. The van der Waals surface area contributed by atoms with Crippen molar-refractivity contribution in [2.75, 3.05) is 0 Å². The van der Waals surface area contributed by atoms with Gasteiger partial charge in [-0.3, -0.25) is 0 Å². The maximum absolute atomic E-state index is 6.09. The van der Waals surface area contributed by atoms with Gasteiger partial charge in [0.15, 0.2) is 0 Å². The van der Waals surface area contributed by atoms with Crippen molar-refractivity contribution in [2.24, 2.45) is 12.8 Å². The van der Waals surface area contributed by atoms with Gasteiger partial charge in [0.05, 0.1) is 18.6 Å². The SMILES string of the molecule is CCCC(N)c1ccn(Cc2cncn2C)c1. The summed E-state index contributed by atoms with van der Waals surface area (Å²) >= 11 is 0. The van der Waals surface area contributed by atoms with E-state index in [1.807, 2.05) is 24.1 Å². The number of imidazole rings is 1. The van der Waals surface area contributed by atoms with Gasteiger partial charge in [0.1, 0.15) is 0 Å². The standard InChI is InChI=1S/C13H20N4/c1-3-4-13(14)11-5-6-17(8-11)9-12-7-15-10-16(12)2/h5-8,10,13H,3-4,9,14H2,1-2H3. The van der Waals surface area contributed by atoms with E-state index < -0.39 is 0 Å². The van der Waals surface area contributed by atoms with Crippen molar-refractivity contribution in [2.45, 2.75) is 32.4 Å². The molecular formula is C13H20N4. The molecule has 4 nitrogen and oxygen atoms in total. The average Bonchev–Trinajstić information content (AvgIpc) is 2.90. The third kappa shape index (κ3) is 2.77. The fourth-order valence-corrected chi connectivity index (χ4v) is 1.98. The second kappa shape index (κ2) is 5.19. The summed E-state index contributed by atoms with van der Waals surface area (Å²) < 4.78 is 4.19. The van der Waals surface area contributed by atoms with Gasteiger partial charge in [0.25, 0.3) is 0 Å². The quantitative estimate of drug-likeness (QED) is 0.858. The second-order valence-corrected chi connectivity index (χ2v) is 4.51. The fourth-order valence-electron chi connectivity index (χ4n) is 1.98. The van der Waals surface area contributed by atoms with Gasteiger partial charge in [-0.05, 0) is 18.1 Å². The van der Waals surface area contributed by atoms with E-state index in [4.69, 9.17) is 5.73 Å². The second-order valence-electron chi connectivity index (χ2n) is 4.51. The highest BCUT2D eigenvalue weighted by molar-refractivity contribution is 5.16. The Balaban J connectivity index is 2.06. The number of hydrogen-bond acceptors (Lipinski definition) is 2. The van der Waals surface area contributed by atoms with Crippen molar-refractivity contribution in [3.8, 4) is 0 Å². The van der Waals surface area contributed by atoms with Gasteiger partial charge >= 0.3 is 0 Å². The molecule has 1 unspecified atom stereocenters. The van der Waals surface area contributed by atoms with Crippen molar-refractivity contribution in [3.63, 3.8) is 0 Å². The van der Waals surface area contributed by atoms with Gasteiger partial charge in [-0.2, -0.15) is 0 Å². The zero-order valence-electron chi connectivity index (χ0n) is 10.5. The lowest BCUT2D eigenvalue weighted by Crippen LogP contribution is -2.09. The molecule has 0 saturated carbocycles. The minimum atomic E-state index is 0.160. The number of aromatic nitrogens is 3. The van der Waals surface area contributed by atoms with Crippen LogP contribution in [0, 0.1) is 0 Å². The molecule has 0 radical (unpaired) electrons. The van der Waals surface area contributed by atoms with E-state index in [0.29, 0.717) is 0 Å². The molecule has 2 heterocycles. The first-order chi connectivity index (χ1) is 8.20. The van der Waals surface area contributed by atoms with Crippen molar-refractivity contribution in [1.82, 2.24) is 14.1 Å². The Labute approximate surface area is 102 Å². The maximum Gasteiger partial charge on any atom is 0.0946 e. The third-order valence-corrected chi connectivity index (χ3v) is 3.06. The molecule has 0 amide bonds. The monoisotopic (exact) mass is 232 g/mol. The highest BCUT2D eigenvalue weighted by atomic mass is 15.1. The molecule has 0 bridgehead atoms. The third-order valence-electron chi connectivity index (χ3n) is 3.06. The molecule has 2 aromatic heterocycles. The van der Waals surface area contributed by atoms with Crippen LogP contribution in [0.4, 0.5) is 0 Å². The van der Waals surface area contributed by atoms with Gasteiger partial charge in [-0.1, -0.05) is 13.3 Å². The normalized spacial score (nSPS) is 12.9. The summed E-state index contributed by atoms with van der Waals surface area (Å²) in [4.78, 5) is 4.11. The van der Waals surface area contributed by atoms with Crippen molar-refractivity contribution >= 4 is 0 Å². The molecule has 92 valence electrons. The van der Waals surface area contributed by atoms with Crippen LogP contribution in [0.2, 0.25) is 0 Å². The molecule has 0 aliphatic rings. The van der Waals surface area contributed by atoms with Crippen LogP contribution in [0.1, 0.15) is 37.1 Å². The Kier molecular flexibility index (Phi) is 3.64. The molecule has 0 aliphatic heterocycles. The molecule has 0 fully saturated rings. The van der Waals surface area contributed by atoms with Crippen molar-refractivity contribution < 1.29 is 0 Å². The topological polar surface area (TPSA) is 48.8 Å². The van der Waals surface area contributed by atoms with Crippen molar-refractivity contribution in [3.05, 3.63) is 42.2 Å². The largest absolute Gasteiger partial charge is 0.348 e. The predicted octanol–water partition coefficient (Wildman–Crippen LogP) is 2.07. The average molecular weight is 232 g/mol. The molecule has 4 heteroatoms. The first-order valence-corrected chi connectivity index (χ1v) is 6.07.